The van der Waals surface area contributed by atoms with Gasteiger partial charge in [-0.2, -0.15) is 0 Å². The second-order valence-electron chi connectivity index (χ2n) is 3.33. The van der Waals surface area contributed by atoms with Gasteiger partial charge in [0, 0.05) is 13.2 Å². The van der Waals surface area contributed by atoms with Gasteiger partial charge in [-0.1, -0.05) is 6.92 Å². The molecule has 1 rings (SSSR count). The molecule has 1 atom stereocenters. The third kappa shape index (κ3) is 4.12. The van der Waals surface area contributed by atoms with E-state index >= 15 is 0 Å². The average molecular weight is 185 g/mol. The van der Waals surface area contributed by atoms with Gasteiger partial charge in [-0.15, -0.1) is 0 Å². The van der Waals surface area contributed by atoms with Crippen molar-refractivity contribution in [2.24, 2.45) is 10.7 Å². The minimum Gasteiger partial charge on any atom is -0.379 e. The maximum Gasteiger partial charge on any atom is 0.188 e. The van der Waals surface area contributed by atoms with Crippen molar-refractivity contribution in [1.82, 2.24) is 5.32 Å². The molecule has 0 aliphatic carbocycles. The third-order valence-corrected chi connectivity index (χ3v) is 2.02. The van der Waals surface area contributed by atoms with Gasteiger partial charge in [0.25, 0.3) is 0 Å². The Kier molecular flexibility index (Phi) is 4.60. The zero-order valence-electron chi connectivity index (χ0n) is 8.25. The SMILES string of the molecule is CCCN=C(N)NC1CCCOC1. The van der Waals surface area contributed by atoms with Crippen molar-refractivity contribution < 1.29 is 4.74 Å². The molecule has 1 heterocycles. The fraction of sp³-hybridized carbons (Fsp3) is 0.889. The standard InChI is InChI=1S/C9H19N3O/c1-2-5-11-9(10)12-8-4-3-6-13-7-8/h8H,2-7H2,1H3,(H3,10,11,12). The molecule has 0 radical (unpaired) electrons. The fourth-order valence-corrected chi connectivity index (χ4v) is 1.34. The molecular formula is C9H19N3O. The minimum absolute atomic E-state index is 0.356. The Bertz CT molecular complexity index is 164. The number of aliphatic imine (C=N–C) groups is 1. The van der Waals surface area contributed by atoms with E-state index in [0.717, 1.165) is 39.0 Å². The number of ether oxygens (including phenoxy) is 1. The van der Waals surface area contributed by atoms with Gasteiger partial charge in [0.05, 0.1) is 12.6 Å². The number of nitrogens with one attached hydrogen (secondary N) is 1. The highest BCUT2D eigenvalue weighted by Gasteiger charge is 2.13. The minimum atomic E-state index is 0.356. The van der Waals surface area contributed by atoms with Crippen LogP contribution in [0, 0.1) is 0 Å². The van der Waals surface area contributed by atoms with Crippen molar-refractivity contribution in [3.63, 3.8) is 0 Å². The summed E-state index contributed by atoms with van der Waals surface area (Å²) < 4.78 is 5.31. The summed E-state index contributed by atoms with van der Waals surface area (Å²) in [5.74, 6) is 0.553. The molecule has 0 aromatic heterocycles. The lowest BCUT2D eigenvalue weighted by Crippen LogP contribution is -2.44. The lowest BCUT2D eigenvalue weighted by Gasteiger charge is -2.23. The lowest BCUT2D eigenvalue weighted by molar-refractivity contribution is 0.0763. The number of nitrogens with two attached hydrogens (primary N) is 1. The summed E-state index contributed by atoms with van der Waals surface area (Å²) in [7, 11) is 0. The largest absolute Gasteiger partial charge is 0.379 e. The summed E-state index contributed by atoms with van der Waals surface area (Å²) in [6.07, 6.45) is 3.27. The van der Waals surface area contributed by atoms with Gasteiger partial charge in [0.15, 0.2) is 5.96 Å². The Morgan fingerprint density at radius 3 is 3.15 bits per heavy atom. The Morgan fingerprint density at radius 2 is 2.54 bits per heavy atom. The summed E-state index contributed by atoms with van der Waals surface area (Å²) in [5.41, 5.74) is 5.67. The van der Waals surface area contributed by atoms with E-state index in [1.165, 1.54) is 0 Å². The molecule has 13 heavy (non-hydrogen) atoms. The van der Waals surface area contributed by atoms with E-state index in [4.69, 9.17) is 10.5 Å². The molecule has 0 aromatic rings. The maximum atomic E-state index is 5.67. The highest BCUT2D eigenvalue weighted by molar-refractivity contribution is 5.78. The average Bonchev–Trinajstić information content (AvgIpc) is 2.16. The third-order valence-electron chi connectivity index (χ3n) is 2.02. The van der Waals surface area contributed by atoms with Crippen molar-refractivity contribution in [3.05, 3.63) is 0 Å². The molecule has 76 valence electrons. The first-order valence-corrected chi connectivity index (χ1v) is 4.97. The number of hydrogen-bond acceptors (Lipinski definition) is 2. The monoisotopic (exact) mass is 185 g/mol. The summed E-state index contributed by atoms with van der Waals surface area (Å²) in [5, 5.41) is 3.16. The van der Waals surface area contributed by atoms with Crippen molar-refractivity contribution in [2.45, 2.75) is 32.2 Å². The van der Waals surface area contributed by atoms with Crippen molar-refractivity contribution >= 4 is 5.96 Å². The van der Waals surface area contributed by atoms with Gasteiger partial charge >= 0.3 is 0 Å². The topological polar surface area (TPSA) is 59.6 Å². The van der Waals surface area contributed by atoms with Crippen LogP contribution >= 0.6 is 0 Å². The van der Waals surface area contributed by atoms with Crippen LogP contribution < -0.4 is 11.1 Å². The molecule has 1 unspecified atom stereocenters. The van der Waals surface area contributed by atoms with E-state index in [1.54, 1.807) is 0 Å². The van der Waals surface area contributed by atoms with Crippen LogP contribution in [0.2, 0.25) is 0 Å². The van der Waals surface area contributed by atoms with Crippen LogP contribution in [0.1, 0.15) is 26.2 Å². The molecule has 4 nitrogen and oxygen atoms in total. The number of rotatable bonds is 3. The molecule has 1 saturated heterocycles. The predicted molar refractivity (Wildman–Crippen MR) is 53.8 cm³/mol. The molecule has 1 aliphatic heterocycles. The Balaban J connectivity index is 2.21. The van der Waals surface area contributed by atoms with Crippen LogP contribution in [-0.4, -0.2) is 31.8 Å². The Morgan fingerprint density at radius 1 is 1.69 bits per heavy atom. The maximum absolute atomic E-state index is 5.67. The predicted octanol–water partition coefficient (Wildman–Crippen LogP) is 0.480. The molecular weight excluding hydrogens is 166 g/mol. The molecule has 0 spiro atoms. The summed E-state index contributed by atoms with van der Waals surface area (Å²) >= 11 is 0. The molecule has 0 aromatic carbocycles. The van der Waals surface area contributed by atoms with Crippen LogP contribution in [0.5, 0.6) is 0 Å². The quantitative estimate of drug-likeness (QED) is 0.496. The normalized spacial score (nSPS) is 24.4. The zero-order valence-corrected chi connectivity index (χ0v) is 8.25. The highest BCUT2D eigenvalue weighted by atomic mass is 16.5. The molecule has 4 heteroatoms. The van der Waals surface area contributed by atoms with Gasteiger partial charge in [-0.3, -0.25) is 4.99 Å². The summed E-state index contributed by atoms with van der Waals surface area (Å²) in [4.78, 5) is 4.16. The summed E-state index contributed by atoms with van der Waals surface area (Å²) in [6.45, 7) is 4.51. The second-order valence-corrected chi connectivity index (χ2v) is 3.33. The van der Waals surface area contributed by atoms with Crippen molar-refractivity contribution in [2.75, 3.05) is 19.8 Å². The van der Waals surface area contributed by atoms with E-state index in [1.807, 2.05) is 0 Å². The summed E-state index contributed by atoms with van der Waals surface area (Å²) in [6, 6.07) is 0.356. The van der Waals surface area contributed by atoms with E-state index in [9.17, 15) is 0 Å². The number of nitrogens with zero attached hydrogens (tertiary/aromatic N) is 1. The molecule has 1 fully saturated rings. The smallest absolute Gasteiger partial charge is 0.188 e. The van der Waals surface area contributed by atoms with Crippen LogP contribution in [0.3, 0.4) is 0 Å². The highest BCUT2D eigenvalue weighted by Crippen LogP contribution is 2.04. The number of hydrogen-bond donors (Lipinski definition) is 2. The van der Waals surface area contributed by atoms with E-state index in [2.05, 4.69) is 17.2 Å². The fourth-order valence-electron chi connectivity index (χ4n) is 1.34. The van der Waals surface area contributed by atoms with Crippen LogP contribution in [0.25, 0.3) is 0 Å². The van der Waals surface area contributed by atoms with Gasteiger partial charge in [0.2, 0.25) is 0 Å². The van der Waals surface area contributed by atoms with Gasteiger partial charge in [-0.05, 0) is 19.3 Å². The van der Waals surface area contributed by atoms with E-state index in [0.29, 0.717) is 12.0 Å². The lowest BCUT2D eigenvalue weighted by atomic mass is 10.1. The molecule has 3 N–H and O–H groups in total. The first-order chi connectivity index (χ1) is 6.33. The van der Waals surface area contributed by atoms with Crippen molar-refractivity contribution in [1.29, 1.82) is 0 Å². The molecule has 1 aliphatic rings. The van der Waals surface area contributed by atoms with E-state index in [-0.39, 0.29) is 0 Å². The van der Waals surface area contributed by atoms with Gasteiger partial charge < -0.3 is 15.8 Å². The zero-order chi connectivity index (χ0) is 9.52. The van der Waals surface area contributed by atoms with Crippen LogP contribution in [0.4, 0.5) is 0 Å². The van der Waals surface area contributed by atoms with Crippen molar-refractivity contribution in [3.8, 4) is 0 Å². The second kappa shape index (κ2) is 5.80. The van der Waals surface area contributed by atoms with E-state index < -0.39 is 0 Å². The Hall–Kier alpha value is -0.770. The first-order valence-electron chi connectivity index (χ1n) is 4.97. The molecule has 0 saturated carbocycles. The molecule has 0 bridgehead atoms. The van der Waals surface area contributed by atoms with Crippen LogP contribution in [0.15, 0.2) is 4.99 Å². The first kappa shape index (κ1) is 10.3. The van der Waals surface area contributed by atoms with Crippen LogP contribution in [-0.2, 0) is 4.74 Å². The Labute approximate surface area is 79.6 Å². The number of guanidine groups is 1. The van der Waals surface area contributed by atoms with Gasteiger partial charge in [0.1, 0.15) is 0 Å². The van der Waals surface area contributed by atoms with Gasteiger partial charge in [-0.25, -0.2) is 0 Å². The molecule has 0 amide bonds.